The molecule has 8 heteroatoms. The maximum absolute atomic E-state index is 14.0. The lowest BCUT2D eigenvalue weighted by Gasteiger charge is -2.35. The predicted molar refractivity (Wildman–Crippen MR) is 106 cm³/mol. The molecule has 0 unspecified atom stereocenters. The molecule has 0 radical (unpaired) electrons. The van der Waals surface area contributed by atoms with E-state index in [0.717, 1.165) is 0 Å². The molecule has 1 fully saturated rings. The molecule has 3 rings (SSSR count). The van der Waals surface area contributed by atoms with E-state index in [1.807, 2.05) is 11.8 Å². The zero-order valence-corrected chi connectivity index (χ0v) is 16.9. The maximum atomic E-state index is 14.0. The van der Waals surface area contributed by atoms with Crippen molar-refractivity contribution in [1.29, 1.82) is 0 Å². The summed E-state index contributed by atoms with van der Waals surface area (Å²) in [7, 11) is -3.76. The summed E-state index contributed by atoms with van der Waals surface area (Å²) in [4.78, 5) is 1.96. The van der Waals surface area contributed by atoms with Crippen molar-refractivity contribution in [2.45, 2.75) is 18.7 Å². The van der Waals surface area contributed by atoms with Crippen molar-refractivity contribution in [3.63, 3.8) is 0 Å². The minimum absolute atomic E-state index is 0.0969. The Morgan fingerprint density at radius 2 is 1.64 bits per heavy atom. The van der Waals surface area contributed by atoms with Gasteiger partial charge in [0.2, 0.25) is 10.0 Å². The van der Waals surface area contributed by atoms with E-state index in [0.29, 0.717) is 43.5 Å². The first-order valence-electron chi connectivity index (χ1n) is 9.36. The average molecular weight is 408 g/mol. The molecular formula is C20H25FN2O4S. The lowest BCUT2D eigenvalue weighted by Crippen LogP contribution is -2.49. The van der Waals surface area contributed by atoms with Crippen LogP contribution in [0.2, 0.25) is 0 Å². The van der Waals surface area contributed by atoms with Crippen LogP contribution in [0.1, 0.15) is 13.8 Å². The minimum Gasteiger partial charge on any atom is -0.494 e. The molecule has 0 atom stereocenters. The van der Waals surface area contributed by atoms with E-state index in [1.54, 1.807) is 37.3 Å². The molecule has 2 aromatic carbocycles. The quantitative estimate of drug-likeness (QED) is 0.705. The SMILES string of the molecule is CCOc1ccc(OCC)c(S(=O)(=O)N2CCN(c3ccccc3F)CC2)c1. The Labute approximate surface area is 165 Å². The molecular weight excluding hydrogens is 383 g/mol. The topological polar surface area (TPSA) is 59.1 Å². The fourth-order valence-corrected chi connectivity index (χ4v) is 4.81. The number of sulfonamides is 1. The number of piperazine rings is 1. The van der Waals surface area contributed by atoms with Gasteiger partial charge in [0.25, 0.3) is 0 Å². The van der Waals surface area contributed by atoms with Gasteiger partial charge >= 0.3 is 0 Å². The van der Waals surface area contributed by atoms with Gasteiger partial charge in [0.05, 0.1) is 18.9 Å². The van der Waals surface area contributed by atoms with Gasteiger partial charge in [-0.2, -0.15) is 4.31 Å². The van der Waals surface area contributed by atoms with Crippen LogP contribution in [-0.2, 0) is 10.0 Å². The summed E-state index contributed by atoms with van der Waals surface area (Å²) in [6, 6.07) is 11.4. The van der Waals surface area contributed by atoms with Gasteiger partial charge in [-0.3, -0.25) is 0 Å². The Morgan fingerprint density at radius 1 is 0.964 bits per heavy atom. The van der Waals surface area contributed by atoms with E-state index in [9.17, 15) is 12.8 Å². The fourth-order valence-electron chi connectivity index (χ4n) is 3.24. The number of halogens is 1. The summed E-state index contributed by atoms with van der Waals surface area (Å²) >= 11 is 0. The van der Waals surface area contributed by atoms with Crippen LogP contribution in [0, 0.1) is 5.82 Å². The second kappa shape index (κ2) is 8.79. The molecule has 0 spiro atoms. The van der Waals surface area contributed by atoms with Gasteiger partial charge in [-0.15, -0.1) is 0 Å². The van der Waals surface area contributed by atoms with Crippen LogP contribution in [0.5, 0.6) is 11.5 Å². The van der Waals surface area contributed by atoms with E-state index in [-0.39, 0.29) is 23.8 Å². The van der Waals surface area contributed by atoms with Gasteiger partial charge in [0, 0.05) is 32.2 Å². The van der Waals surface area contributed by atoms with E-state index in [1.165, 1.54) is 16.4 Å². The van der Waals surface area contributed by atoms with Gasteiger partial charge in [-0.1, -0.05) is 12.1 Å². The largest absolute Gasteiger partial charge is 0.494 e. The number of ether oxygens (including phenoxy) is 2. The van der Waals surface area contributed by atoms with Crippen molar-refractivity contribution in [1.82, 2.24) is 4.31 Å². The van der Waals surface area contributed by atoms with Gasteiger partial charge in [-0.25, -0.2) is 12.8 Å². The van der Waals surface area contributed by atoms with E-state index >= 15 is 0 Å². The standard InChI is InChI=1S/C20H25FN2O4S/c1-3-26-16-9-10-19(27-4-2)20(15-16)28(24,25)23-13-11-22(12-14-23)18-8-6-5-7-17(18)21/h5-10,15H,3-4,11-14H2,1-2H3. The first-order valence-corrected chi connectivity index (χ1v) is 10.8. The molecule has 0 N–H and O–H groups in total. The van der Waals surface area contributed by atoms with E-state index in [4.69, 9.17) is 9.47 Å². The third-order valence-electron chi connectivity index (χ3n) is 4.58. The highest BCUT2D eigenvalue weighted by Crippen LogP contribution is 2.32. The summed E-state index contributed by atoms with van der Waals surface area (Å²) in [5.74, 6) is 0.485. The summed E-state index contributed by atoms with van der Waals surface area (Å²) < 4.78 is 52.9. The van der Waals surface area contributed by atoms with Crippen LogP contribution >= 0.6 is 0 Å². The van der Waals surface area contributed by atoms with Gasteiger partial charge < -0.3 is 14.4 Å². The maximum Gasteiger partial charge on any atom is 0.247 e. The normalized spacial score (nSPS) is 15.5. The molecule has 1 aliphatic heterocycles. The first kappa shape index (κ1) is 20.4. The number of anilines is 1. The lowest BCUT2D eigenvalue weighted by atomic mass is 10.2. The molecule has 0 aromatic heterocycles. The van der Waals surface area contributed by atoms with Crippen molar-refractivity contribution in [3.8, 4) is 11.5 Å². The zero-order chi connectivity index (χ0) is 20.1. The molecule has 0 bridgehead atoms. The van der Waals surface area contributed by atoms with E-state index in [2.05, 4.69) is 0 Å². The lowest BCUT2D eigenvalue weighted by molar-refractivity contribution is 0.319. The van der Waals surface area contributed by atoms with Gasteiger partial charge in [0.1, 0.15) is 22.2 Å². The smallest absolute Gasteiger partial charge is 0.247 e. The number of hydrogen-bond donors (Lipinski definition) is 0. The summed E-state index contributed by atoms with van der Waals surface area (Å²) in [5.41, 5.74) is 0.493. The second-order valence-corrected chi connectivity index (χ2v) is 8.22. The van der Waals surface area contributed by atoms with Crippen LogP contribution in [-0.4, -0.2) is 52.1 Å². The van der Waals surface area contributed by atoms with Crippen molar-refractivity contribution in [3.05, 3.63) is 48.3 Å². The van der Waals surface area contributed by atoms with Crippen molar-refractivity contribution >= 4 is 15.7 Å². The summed E-state index contributed by atoms with van der Waals surface area (Å²) in [6.07, 6.45) is 0. The first-order chi connectivity index (χ1) is 13.5. The molecule has 2 aromatic rings. The van der Waals surface area contributed by atoms with E-state index < -0.39 is 10.0 Å². The fraction of sp³-hybridized carbons (Fsp3) is 0.400. The molecule has 152 valence electrons. The highest BCUT2D eigenvalue weighted by molar-refractivity contribution is 7.89. The predicted octanol–water partition coefficient (Wildman–Crippen LogP) is 3.13. The van der Waals surface area contributed by atoms with Crippen LogP contribution in [0.15, 0.2) is 47.4 Å². The number of hydrogen-bond acceptors (Lipinski definition) is 5. The van der Waals surface area contributed by atoms with Crippen molar-refractivity contribution in [2.24, 2.45) is 0 Å². The van der Waals surface area contributed by atoms with Gasteiger partial charge in [0.15, 0.2) is 0 Å². The van der Waals surface area contributed by atoms with Gasteiger partial charge in [-0.05, 0) is 38.1 Å². The number of para-hydroxylation sites is 1. The molecule has 1 aliphatic rings. The molecule has 1 heterocycles. The zero-order valence-electron chi connectivity index (χ0n) is 16.1. The Bertz CT molecular complexity index is 912. The van der Waals surface area contributed by atoms with Crippen LogP contribution in [0.3, 0.4) is 0 Å². The molecule has 0 amide bonds. The molecule has 6 nitrogen and oxygen atoms in total. The van der Waals surface area contributed by atoms with Crippen molar-refractivity contribution in [2.75, 3.05) is 44.3 Å². The second-order valence-electron chi connectivity index (χ2n) is 6.32. The molecule has 1 saturated heterocycles. The highest BCUT2D eigenvalue weighted by Gasteiger charge is 2.32. The Kier molecular flexibility index (Phi) is 6.41. The number of rotatable bonds is 7. The third-order valence-corrected chi connectivity index (χ3v) is 6.50. The Morgan fingerprint density at radius 3 is 2.29 bits per heavy atom. The molecule has 0 saturated carbocycles. The Balaban J connectivity index is 1.82. The van der Waals surface area contributed by atoms with Crippen LogP contribution in [0.4, 0.5) is 10.1 Å². The molecule has 28 heavy (non-hydrogen) atoms. The molecule has 0 aliphatic carbocycles. The number of nitrogens with zero attached hydrogens (tertiary/aromatic N) is 2. The minimum atomic E-state index is -3.76. The summed E-state index contributed by atoms with van der Waals surface area (Å²) in [5, 5.41) is 0. The monoisotopic (exact) mass is 408 g/mol. The average Bonchev–Trinajstić information content (AvgIpc) is 2.70. The number of benzene rings is 2. The van der Waals surface area contributed by atoms with Crippen LogP contribution < -0.4 is 14.4 Å². The Hall–Kier alpha value is -2.32. The van der Waals surface area contributed by atoms with Crippen LogP contribution in [0.25, 0.3) is 0 Å². The summed E-state index contributed by atoms with van der Waals surface area (Å²) in [6.45, 7) is 5.80. The third kappa shape index (κ3) is 4.23. The highest BCUT2D eigenvalue weighted by atomic mass is 32.2. The van der Waals surface area contributed by atoms with Crippen molar-refractivity contribution < 1.29 is 22.3 Å².